The second kappa shape index (κ2) is 7.71. The summed E-state index contributed by atoms with van der Waals surface area (Å²) in [5.74, 6) is -2.64. The van der Waals surface area contributed by atoms with Crippen LogP contribution in [0.4, 0.5) is 14.8 Å². The fourth-order valence-electron chi connectivity index (χ4n) is 1.86. The quantitative estimate of drug-likeness (QED) is 0.513. The van der Waals surface area contributed by atoms with Gasteiger partial charge in [0.1, 0.15) is 0 Å². The molecular formula is C15H11F2N5O2S. The summed E-state index contributed by atoms with van der Waals surface area (Å²) in [6.45, 7) is 0. The van der Waals surface area contributed by atoms with Gasteiger partial charge in [-0.1, -0.05) is 16.9 Å². The number of hydrogen-bond donors (Lipinski definition) is 2. The van der Waals surface area contributed by atoms with E-state index in [1.54, 1.807) is 24.5 Å². The number of hydrazine groups is 1. The summed E-state index contributed by atoms with van der Waals surface area (Å²) in [5.41, 5.74) is 5.89. The number of nitrogens with zero attached hydrogens (tertiary/aromatic N) is 3. The van der Waals surface area contributed by atoms with Crippen molar-refractivity contribution in [1.29, 1.82) is 0 Å². The zero-order chi connectivity index (χ0) is 17.6. The third kappa shape index (κ3) is 4.51. The maximum Gasteiger partial charge on any atom is 0.340 e. The highest BCUT2D eigenvalue weighted by molar-refractivity contribution is 7.99. The molecule has 0 saturated carbocycles. The maximum atomic E-state index is 12.3. The summed E-state index contributed by atoms with van der Waals surface area (Å²) in [5, 5.41) is 3.77. The van der Waals surface area contributed by atoms with E-state index in [-0.39, 0.29) is 6.01 Å². The van der Waals surface area contributed by atoms with Gasteiger partial charge in [0.05, 0.1) is 0 Å². The molecule has 0 unspecified atom stereocenters. The Bertz CT molecular complexity index is 843. The second-order valence-corrected chi connectivity index (χ2v) is 5.70. The van der Waals surface area contributed by atoms with Crippen LogP contribution in [0.3, 0.4) is 0 Å². The van der Waals surface area contributed by atoms with Gasteiger partial charge in [0, 0.05) is 28.4 Å². The number of carbonyl (C=O) groups is 1. The number of rotatable bonds is 6. The Kier molecular flexibility index (Phi) is 5.19. The van der Waals surface area contributed by atoms with Gasteiger partial charge in [-0.15, -0.1) is 0 Å². The molecule has 2 heterocycles. The number of amides is 1. The molecule has 0 bridgehead atoms. The van der Waals surface area contributed by atoms with E-state index < -0.39 is 11.7 Å². The summed E-state index contributed by atoms with van der Waals surface area (Å²) in [6.07, 6.45) is 3.19. The lowest BCUT2D eigenvalue weighted by Gasteiger charge is -2.05. The number of halogens is 2. The van der Waals surface area contributed by atoms with E-state index in [2.05, 4.69) is 26.0 Å². The first-order valence-electron chi connectivity index (χ1n) is 6.97. The van der Waals surface area contributed by atoms with Crippen LogP contribution in [-0.4, -0.2) is 26.8 Å². The summed E-state index contributed by atoms with van der Waals surface area (Å²) in [4.78, 5) is 20.3. The number of alkyl halides is 2. The molecule has 2 N–H and O–H groups in total. The molecule has 3 rings (SSSR count). The topological polar surface area (TPSA) is 92.9 Å². The van der Waals surface area contributed by atoms with Gasteiger partial charge in [0.25, 0.3) is 11.7 Å². The fourth-order valence-corrected chi connectivity index (χ4v) is 2.36. The first-order valence-corrected chi connectivity index (χ1v) is 7.85. The molecule has 7 nitrogen and oxygen atoms in total. The zero-order valence-electron chi connectivity index (χ0n) is 12.5. The number of anilines is 1. The average molecular weight is 363 g/mol. The molecular weight excluding hydrogens is 352 g/mol. The Morgan fingerprint density at radius 2 is 1.84 bits per heavy atom. The lowest BCUT2D eigenvalue weighted by Crippen LogP contribution is -2.29. The number of benzene rings is 1. The number of hydrogen-bond acceptors (Lipinski definition) is 7. The Balaban J connectivity index is 1.58. The molecule has 2 aromatic heterocycles. The van der Waals surface area contributed by atoms with Gasteiger partial charge >= 0.3 is 6.01 Å². The normalized spacial score (nSPS) is 10.7. The molecule has 0 spiro atoms. The zero-order valence-corrected chi connectivity index (χ0v) is 13.3. The van der Waals surface area contributed by atoms with Crippen molar-refractivity contribution in [1.82, 2.24) is 20.6 Å². The molecule has 0 aliphatic carbocycles. The molecule has 128 valence electrons. The SMILES string of the molecule is O=C(NNc1nc(-c2ccncc2)no1)c1ccc(SC(F)F)cc1. The second-order valence-electron chi connectivity index (χ2n) is 4.64. The monoisotopic (exact) mass is 363 g/mol. The highest BCUT2D eigenvalue weighted by atomic mass is 32.2. The minimum absolute atomic E-state index is 0.00467. The lowest BCUT2D eigenvalue weighted by molar-refractivity contribution is 0.0961. The van der Waals surface area contributed by atoms with Crippen molar-refractivity contribution in [3.63, 3.8) is 0 Å². The van der Waals surface area contributed by atoms with Gasteiger partial charge in [-0.2, -0.15) is 13.8 Å². The Hall–Kier alpha value is -3.01. The van der Waals surface area contributed by atoms with Gasteiger partial charge < -0.3 is 4.52 Å². The van der Waals surface area contributed by atoms with Crippen LogP contribution < -0.4 is 10.9 Å². The predicted octanol–water partition coefficient (Wildman–Crippen LogP) is 3.20. The largest absolute Gasteiger partial charge is 0.340 e. The standard InChI is InChI=1S/C15H11F2N5O2S/c16-14(17)25-11-3-1-10(2-4-11)13(23)20-21-15-19-12(22-24-15)9-5-7-18-8-6-9/h1-8,14H,(H,20,23)(H,19,21,22). The van der Waals surface area contributed by atoms with Crippen molar-refractivity contribution >= 4 is 23.7 Å². The molecule has 3 aromatic rings. The molecule has 0 aliphatic heterocycles. The number of aromatic nitrogens is 3. The van der Waals surface area contributed by atoms with Crippen LogP contribution in [0.25, 0.3) is 11.4 Å². The molecule has 0 radical (unpaired) electrons. The Morgan fingerprint density at radius 3 is 2.52 bits per heavy atom. The van der Waals surface area contributed by atoms with Crippen LogP contribution in [0.1, 0.15) is 10.4 Å². The Labute approximate surface area is 144 Å². The van der Waals surface area contributed by atoms with Crippen molar-refractivity contribution in [3.8, 4) is 11.4 Å². The third-order valence-corrected chi connectivity index (χ3v) is 3.71. The molecule has 0 aliphatic rings. The van der Waals surface area contributed by atoms with Crippen LogP contribution in [0.2, 0.25) is 0 Å². The smallest absolute Gasteiger partial charge is 0.313 e. The van der Waals surface area contributed by atoms with E-state index in [9.17, 15) is 13.6 Å². The van der Waals surface area contributed by atoms with E-state index in [0.29, 0.717) is 33.6 Å². The highest BCUT2D eigenvalue weighted by Crippen LogP contribution is 2.25. The van der Waals surface area contributed by atoms with Gasteiger partial charge in [0.15, 0.2) is 0 Å². The minimum Gasteiger partial charge on any atom is -0.313 e. The van der Waals surface area contributed by atoms with Crippen LogP contribution >= 0.6 is 11.8 Å². The molecule has 0 fully saturated rings. The van der Waals surface area contributed by atoms with Gasteiger partial charge in [-0.25, -0.2) is 5.43 Å². The first kappa shape index (κ1) is 16.8. The summed E-state index contributed by atoms with van der Waals surface area (Å²) >= 11 is 0.411. The minimum atomic E-state index is -2.51. The van der Waals surface area contributed by atoms with Crippen molar-refractivity contribution in [3.05, 3.63) is 54.4 Å². The molecule has 0 saturated heterocycles. The maximum absolute atomic E-state index is 12.3. The van der Waals surface area contributed by atoms with Crippen LogP contribution in [0.5, 0.6) is 0 Å². The van der Waals surface area contributed by atoms with Gasteiger partial charge in [-0.05, 0) is 36.4 Å². The number of pyridine rings is 1. The van der Waals surface area contributed by atoms with E-state index in [1.165, 1.54) is 24.3 Å². The predicted molar refractivity (Wildman–Crippen MR) is 86.9 cm³/mol. The van der Waals surface area contributed by atoms with E-state index in [4.69, 9.17) is 4.52 Å². The fraction of sp³-hybridized carbons (Fsp3) is 0.0667. The molecule has 1 aromatic carbocycles. The average Bonchev–Trinajstić information content (AvgIpc) is 3.10. The molecule has 0 atom stereocenters. The summed E-state index contributed by atoms with van der Waals surface area (Å²) < 4.78 is 29.5. The Morgan fingerprint density at radius 1 is 1.12 bits per heavy atom. The third-order valence-electron chi connectivity index (χ3n) is 2.99. The first-order chi connectivity index (χ1) is 12.1. The van der Waals surface area contributed by atoms with Crippen molar-refractivity contribution in [2.45, 2.75) is 10.7 Å². The summed E-state index contributed by atoms with van der Waals surface area (Å²) in [6, 6.07) is 9.21. The summed E-state index contributed by atoms with van der Waals surface area (Å²) in [7, 11) is 0. The van der Waals surface area contributed by atoms with Gasteiger partial charge in [-0.3, -0.25) is 15.2 Å². The van der Waals surface area contributed by atoms with Crippen molar-refractivity contribution < 1.29 is 18.1 Å². The van der Waals surface area contributed by atoms with Crippen LogP contribution in [0.15, 0.2) is 58.2 Å². The van der Waals surface area contributed by atoms with E-state index in [0.717, 1.165) is 0 Å². The van der Waals surface area contributed by atoms with Crippen molar-refractivity contribution in [2.24, 2.45) is 0 Å². The molecule has 25 heavy (non-hydrogen) atoms. The molecule has 1 amide bonds. The van der Waals surface area contributed by atoms with Crippen LogP contribution in [0, 0.1) is 0 Å². The number of carbonyl (C=O) groups excluding carboxylic acids is 1. The van der Waals surface area contributed by atoms with Crippen LogP contribution in [-0.2, 0) is 0 Å². The number of thioether (sulfide) groups is 1. The lowest BCUT2D eigenvalue weighted by atomic mass is 10.2. The highest BCUT2D eigenvalue weighted by Gasteiger charge is 2.11. The van der Waals surface area contributed by atoms with Gasteiger partial charge in [0.2, 0.25) is 5.82 Å². The molecule has 10 heteroatoms. The van der Waals surface area contributed by atoms with Crippen molar-refractivity contribution in [2.75, 3.05) is 5.43 Å². The van der Waals surface area contributed by atoms with E-state index >= 15 is 0 Å². The number of nitrogens with one attached hydrogen (secondary N) is 2. The van der Waals surface area contributed by atoms with E-state index in [1.807, 2.05) is 0 Å².